The maximum absolute atomic E-state index is 12.7. The van der Waals surface area contributed by atoms with Crippen LogP contribution in [0, 0.1) is 0 Å². The van der Waals surface area contributed by atoms with Crippen LogP contribution in [0.5, 0.6) is 0 Å². The molecule has 2 N–H and O–H groups in total. The van der Waals surface area contributed by atoms with Crippen LogP contribution in [0.15, 0.2) is 79.1 Å². The largest absolute Gasteiger partial charge is 0.490 e. The lowest BCUT2D eigenvalue weighted by molar-refractivity contribution is -0.192. The molecule has 3 rings (SSSR count). The first-order valence-electron chi connectivity index (χ1n) is 11.3. The Balaban J connectivity index is 0.000000572. The van der Waals surface area contributed by atoms with Gasteiger partial charge in [0.05, 0.1) is 17.9 Å². The lowest BCUT2D eigenvalue weighted by Crippen LogP contribution is -2.41. The molecule has 1 atom stereocenters. The number of carbonyl (C=O) groups excluding carboxylic acids is 1. The minimum atomic E-state index is -5.08. The zero-order valence-electron chi connectivity index (χ0n) is 19.9. The number of rotatable bonds is 10. The molecule has 36 heavy (non-hydrogen) atoms. The molecule has 192 valence electrons. The second kappa shape index (κ2) is 14.6. The van der Waals surface area contributed by atoms with Crippen molar-refractivity contribution < 1.29 is 27.9 Å². The molecule has 7 nitrogen and oxygen atoms in total. The number of nitrogens with zero attached hydrogens (tertiary/aromatic N) is 3. The summed E-state index contributed by atoms with van der Waals surface area (Å²) in [4.78, 5) is 32.4. The van der Waals surface area contributed by atoms with Gasteiger partial charge in [-0.15, -0.1) is 0 Å². The van der Waals surface area contributed by atoms with E-state index >= 15 is 0 Å². The Bertz CT molecular complexity index is 1010. The van der Waals surface area contributed by atoms with Crippen LogP contribution < -0.4 is 5.32 Å². The average molecular weight is 503 g/mol. The number of benzene rings is 1. The van der Waals surface area contributed by atoms with Crippen molar-refractivity contribution in [2.45, 2.75) is 45.1 Å². The van der Waals surface area contributed by atoms with Gasteiger partial charge in [-0.25, -0.2) is 4.79 Å². The number of halogens is 3. The Kier molecular flexibility index (Phi) is 11.5. The number of hydrogen-bond acceptors (Lipinski definition) is 5. The van der Waals surface area contributed by atoms with Gasteiger partial charge in [0.2, 0.25) is 5.91 Å². The molecule has 0 spiro atoms. The normalized spacial score (nSPS) is 11.8. The van der Waals surface area contributed by atoms with Gasteiger partial charge in [0.1, 0.15) is 0 Å². The summed E-state index contributed by atoms with van der Waals surface area (Å²) in [5.74, 6) is -2.73. The predicted molar refractivity (Wildman–Crippen MR) is 129 cm³/mol. The standard InChI is InChI=1S/C24H28N4O.C2HF3O2/c1-20(13-14-21-9-3-2-4-10-21)27-24(29)19-28(17-22-11-5-7-15-25-22)18-23-12-6-8-16-26-23;3-2(4,5)1(6)7/h2-12,15-16,20H,13-14,17-19H2,1H3,(H,27,29);(H,6,7). The van der Waals surface area contributed by atoms with E-state index in [4.69, 9.17) is 9.90 Å². The Morgan fingerprint density at radius 2 is 1.42 bits per heavy atom. The van der Waals surface area contributed by atoms with Gasteiger partial charge in [-0.05, 0) is 49.6 Å². The molecule has 0 fully saturated rings. The summed E-state index contributed by atoms with van der Waals surface area (Å²) in [5.41, 5.74) is 3.17. The zero-order valence-corrected chi connectivity index (χ0v) is 19.9. The maximum atomic E-state index is 12.7. The number of hydrogen-bond donors (Lipinski definition) is 2. The summed E-state index contributed by atoms with van der Waals surface area (Å²) < 4.78 is 31.7. The number of aromatic nitrogens is 2. The van der Waals surface area contributed by atoms with E-state index in [9.17, 15) is 18.0 Å². The fraction of sp³-hybridized carbons (Fsp3) is 0.308. The molecule has 0 saturated heterocycles. The topological polar surface area (TPSA) is 95.4 Å². The van der Waals surface area contributed by atoms with Crippen molar-refractivity contribution in [3.63, 3.8) is 0 Å². The first kappa shape index (κ1) is 28.4. The molecule has 0 bridgehead atoms. The third kappa shape index (κ3) is 11.6. The zero-order chi connectivity index (χ0) is 26.4. The first-order chi connectivity index (χ1) is 17.1. The number of carboxylic acid groups (broad SMARTS) is 1. The molecular formula is C26H29F3N4O3. The second-order valence-electron chi connectivity index (χ2n) is 8.08. The summed E-state index contributed by atoms with van der Waals surface area (Å²) in [6, 6.07) is 22.2. The monoisotopic (exact) mass is 502 g/mol. The fourth-order valence-corrected chi connectivity index (χ4v) is 3.23. The van der Waals surface area contributed by atoms with Crippen LogP contribution in [-0.2, 0) is 29.1 Å². The van der Waals surface area contributed by atoms with E-state index in [1.807, 2.05) is 54.6 Å². The van der Waals surface area contributed by atoms with Crippen molar-refractivity contribution in [1.29, 1.82) is 0 Å². The smallest absolute Gasteiger partial charge is 0.475 e. The van der Waals surface area contributed by atoms with Gasteiger partial charge in [0.25, 0.3) is 0 Å². The third-order valence-electron chi connectivity index (χ3n) is 4.95. The molecule has 3 aromatic rings. The van der Waals surface area contributed by atoms with Gasteiger partial charge >= 0.3 is 12.1 Å². The van der Waals surface area contributed by atoms with Gasteiger partial charge in [-0.1, -0.05) is 42.5 Å². The quantitative estimate of drug-likeness (QED) is 0.431. The van der Waals surface area contributed by atoms with E-state index < -0.39 is 12.1 Å². The van der Waals surface area contributed by atoms with Crippen molar-refractivity contribution in [3.05, 3.63) is 96.1 Å². The minimum absolute atomic E-state index is 0.0254. The molecular weight excluding hydrogens is 473 g/mol. The molecule has 2 aromatic heterocycles. The summed E-state index contributed by atoms with van der Waals surface area (Å²) >= 11 is 0. The van der Waals surface area contributed by atoms with Crippen LogP contribution in [0.2, 0.25) is 0 Å². The van der Waals surface area contributed by atoms with Crippen molar-refractivity contribution in [1.82, 2.24) is 20.2 Å². The number of amides is 1. The van der Waals surface area contributed by atoms with Crippen molar-refractivity contribution >= 4 is 11.9 Å². The Morgan fingerprint density at radius 1 is 0.917 bits per heavy atom. The van der Waals surface area contributed by atoms with E-state index in [2.05, 4.69) is 39.2 Å². The molecule has 1 aromatic carbocycles. The van der Waals surface area contributed by atoms with Crippen LogP contribution >= 0.6 is 0 Å². The second-order valence-corrected chi connectivity index (χ2v) is 8.08. The fourth-order valence-electron chi connectivity index (χ4n) is 3.23. The number of carbonyl (C=O) groups is 2. The summed E-state index contributed by atoms with van der Waals surface area (Å²) in [7, 11) is 0. The molecule has 0 radical (unpaired) electrons. The number of carboxylic acids is 1. The molecule has 2 heterocycles. The number of nitrogens with one attached hydrogen (secondary N) is 1. The van der Waals surface area contributed by atoms with Crippen LogP contribution in [-0.4, -0.2) is 50.6 Å². The highest BCUT2D eigenvalue weighted by Crippen LogP contribution is 2.13. The van der Waals surface area contributed by atoms with Crippen LogP contribution in [0.1, 0.15) is 30.3 Å². The SMILES string of the molecule is CC(CCc1ccccc1)NC(=O)CN(Cc1ccccn1)Cc1ccccn1.O=C(O)C(F)(F)F. The van der Waals surface area contributed by atoms with Crippen LogP contribution in [0.25, 0.3) is 0 Å². The number of pyridine rings is 2. The predicted octanol–water partition coefficient (Wildman–Crippen LogP) is 4.25. The summed E-state index contributed by atoms with van der Waals surface area (Å²) in [6.45, 7) is 3.57. The number of aryl methyl sites for hydroxylation is 1. The molecule has 1 amide bonds. The number of aliphatic carboxylic acids is 1. The van der Waals surface area contributed by atoms with Gasteiger partial charge in [-0.3, -0.25) is 19.7 Å². The van der Waals surface area contributed by atoms with Gasteiger partial charge < -0.3 is 10.4 Å². The van der Waals surface area contributed by atoms with E-state index in [0.29, 0.717) is 19.6 Å². The molecule has 0 aliphatic heterocycles. The lowest BCUT2D eigenvalue weighted by atomic mass is 10.1. The van der Waals surface area contributed by atoms with Gasteiger partial charge in [0, 0.05) is 31.5 Å². The van der Waals surface area contributed by atoms with Crippen LogP contribution in [0.3, 0.4) is 0 Å². The third-order valence-corrected chi connectivity index (χ3v) is 4.95. The Hall–Kier alpha value is -3.79. The van der Waals surface area contributed by atoms with E-state index in [1.54, 1.807) is 12.4 Å². The number of alkyl halides is 3. The molecule has 0 saturated carbocycles. The molecule has 10 heteroatoms. The highest BCUT2D eigenvalue weighted by atomic mass is 19.4. The van der Waals surface area contributed by atoms with E-state index in [0.717, 1.165) is 24.2 Å². The Morgan fingerprint density at radius 3 is 1.86 bits per heavy atom. The van der Waals surface area contributed by atoms with Crippen molar-refractivity contribution in [2.75, 3.05) is 6.54 Å². The van der Waals surface area contributed by atoms with Crippen molar-refractivity contribution in [2.24, 2.45) is 0 Å². The van der Waals surface area contributed by atoms with Gasteiger partial charge in [-0.2, -0.15) is 13.2 Å². The van der Waals surface area contributed by atoms with Crippen LogP contribution in [0.4, 0.5) is 13.2 Å². The van der Waals surface area contributed by atoms with E-state index in [1.165, 1.54) is 5.56 Å². The van der Waals surface area contributed by atoms with E-state index in [-0.39, 0.29) is 11.9 Å². The molecule has 0 aliphatic rings. The lowest BCUT2D eigenvalue weighted by Gasteiger charge is -2.22. The highest BCUT2D eigenvalue weighted by molar-refractivity contribution is 5.78. The van der Waals surface area contributed by atoms with Crippen molar-refractivity contribution in [3.8, 4) is 0 Å². The maximum Gasteiger partial charge on any atom is 0.490 e. The highest BCUT2D eigenvalue weighted by Gasteiger charge is 2.38. The summed E-state index contributed by atoms with van der Waals surface area (Å²) in [5, 5.41) is 10.3. The molecule has 0 aliphatic carbocycles. The molecule has 1 unspecified atom stereocenters. The summed E-state index contributed by atoms with van der Waals surface area (Å²) in [6.07, 6.45) is 0.337. The van der Waals surface area contributed by atoms with Gasteiger partial charge in [0.15, 0.2) is 0 Å². The Labute approximate surface area is 208 Å². The average Bonchev–Trinajstić information content (AvgIpc) is 2.84. The first-order valence-corrected chi connectivity index (χ1v) is 11.3. The minimum Gasteiger partial charge on any atom is -0.475 e.